The lowest BCUT2D eigenvalue weighted by atomic mass is 9.77. The molecule has 61 heavy (non-hydrogen) atoms. The Kier molecular flexibility index (Phi) is 12.3. The fourth-order valence-corrected chi connectivity index (χ4v) is 10.1. The SMILES string of the molecule is COC(=O)NC(C(=O)N1CCCC1c1ncc(C2CCC(c3ccc(-c4cnc(C5CCCN5C(=O)C(c5ccccc5)N5CCOCC5)[nH]4)cc3)CC2)[nH]1)c1ccccc1. The van der Waals surface area contributed by atoms with Gasteiger partial charge in [-0.2, -0.15) is 0 Å². The number of carbonyl (C=O) groups is 3. The molecule has 13 heteroatoms. The zero-order valence-electron chi connectivity index (χ0n) is 34.9. The fourth-order valence-electron chi connectivity index (χ4n) is 10.1. The van der Waals surface area contributed by atoms with Crippen LogP contribution in [0, 0.1) is 0 Å². The van der Waals surface area contributed by atoms with Crippen molar-refractivity contribution in [3.63, 3.8) is 0 Å². The lowest BCUT2D eigenvalue weighted by molar-refractivity contribution is -0.140. The highest BCUT2D eigenvalue weighted by molar-refractivity contribution is 5.87. The lowest BCUT2D eigenvalue weighted by Crippen LogP contribution is -2.47. The van der Waals surface area contributed by atoms with E-state index in [1.165, 1.54) is 12.7 Å². The second-order valence-electron chi connectivity index (χ2n) is 16.9. The standard InChI is InChI=1S/C48H56N8O5/c1-60-48(59)53-42(36-10-4-2-5-11-36)46(57)55-24-8-14-40(55)44-49-30-38(51-44)34-20-16-32(17-21-34)33-18-22-35(23-19-33)39-31-50-45(52-39)41-15-9-25-56(41)47(58)43(37-12-6-3-7-13-37)54-26-28-61-29-27-54/h2-7,10-13,18-19,22-23,30-32,34,40-43H,8-9,14-17,20-21,24-29H2,1H3,(H,49,51)(H,50,52)(H,53,59). The molecule has 0 bridgehead atoms. The summed E-state index contributed by atoms with van der Waals surface area (Å²) < 4.78 is 10.5. The lowest BCUT2D eigenvalue weighted by Gasteiger charge is -2.37. The van der Waals surface area contributed by atoms with Gasteiger partial charge in [-0.25, -0.2) is 14.8 Å². The number of aromatic amines is 2. The van der Waals surface area contributed by atoms with Crippen LogP contribution in [0.15, 0.2) is 97.3 Å². The molecular formula is C48H56N8O5. The third-order valence-corrected chi connectivity index (χ3v) is 13.4. The number of nitrogens with one attached hydrogen (secondary N) is 3. The maximum Gasteiger partial charge on any atom is 0.407 e. The fraction of sp³-hybridized carbons (Fsp3) is 0.438. The van der Waals surface area contributed by atoms with Crippen LogP contribution < -0.4 is 5.32 Å². The second-order valence-corrected chi connectivity index (χ2v) is 16.9. The predicted molar refractivity (Wildman–Crippen MR) is 230 cm³/mol. The van der Waals surface area contributed by atoms with Gasteiger partial charge in [-0.15, -0.1) is 0 Å². The Morgan fingerprint density at radius 3 is 1.93 bits per heavy atom. The van der Waals surface area contributed by atoms with Gasteiger partial charge in [0.25, 0.3) is 5.91 Å². The molecule has 4 atom stereocenters. The molecule has 2 aromatic heterocycles. The van der Waals surface area contributed by atoms with Crippen LogP contribution in [0.2, 0.25) is 0 Å². The number of carbonyl (C=O) groups excluding carboxylic acids is 3. The van der Waals surface area contributed by atoms with Gasteiger partial charge in [0.15, 0.2) is 0 Å². The van der Waals surface area contributed by atoms with Gasteiger partial charge >= 0.3 is 6.09 Å². The minimum Gasteiger partial charge on any atom is -0.453 e. The Morgan fingerprint density at radius 1 is 0.689 bits per heavy atom. The molecule has 3 amide bonds. The number of alkyl carbamates (subject to hydrolysis) is 1. The van der Waals surface area contributed by atoms with E-state index in [4.69, 9.17) is 19.4 Å². The molecule has 3 aromatic carbocycles. The number of hydrogen-bond donors (Lipinski definition) is 3. The summed E-state index contributed by atoms with van der Waals surface area (Å²) in [5.41, 5.74) is 6.26. The highest BCUT2D eigenvalue weighted by atomic mass is 16.5. The summed E-state index contributed by atoms with van der Waals surface area (Å²) in [6, 6.07) is 26.9. The highest BCUT2D eigenvalue weighted by Gasteiger charge is 2.40. The minimum atomic E-state index is -0.843. The number of benzene rings is 3. The summed E-state index contributed by atoms with van der Waals surface area (Å²) in [4.78, 5) is 63.6. The molecule has 13 nitrogen and oxygen atoms in total. The Balaban J connectivity index is 0.815. The molecule has 3 aliphatic heterocycles. The maximum atomic E-state index is 14.4. The largest absolute Gasteiger partial charge is 0.453 e. The average molecular weight is 825 g/mol. The second kappa shape index (κ2) is 18.4. The van der Waals surface area contributed by atoms with E-state index in [0.717, 1.165) is 105 Å². The van der Waals surface area contributed by atoms with E-state index in [0.29, 0.717) is 37.2 Å². The van der Waals surface area contributed by atoms with Crippen LogP contribution in [-0.4, -0.2) is 99.0 Å². The number of morpholine rings is 1. The normalized spacial score (nSPS) is 23.1. The van der Waals surface area contributed by atoms with Crippen LogP contribution in [0.4, 0.5) is 4.79 Å². The Labute approximate surface area is 357 Å². The summed E-state index contributed by atoms with van der Waals surface area (Å²) in [5, 5.41) is 2.75. The first-order chi connectivity index (χ1) is 29.9. The van der Waals surface area contributed by atoms with Crippen LogP contribution in [0.3, 0.4) is 0 Å². The molecule has 5 heterocycles. The van der Waals surface area contributed by atoms with Gasteiger partial charge in [-0.05, 0) is 79.5 Å². The van der Waals surface area contributed by atoms with Crippen LogP contribution in [0.25, 0.3) is 11.3 Å². The van der Waals surface area contributed by atoms with Gasteiger partial charge in [-0.3, -0.25) is 14.5 Å². The van der Waals surface area contributed by atoms with Gasteiger partial charge in [-0.1, -0.05) is 84.9 Å². The number of H-pyrrole nitrogens is 2. The van der Waals surface area contributed by atoms with E-state index < -0.39 is 12.1 Å². The molecule has 0 spiro atoms. The van der Waals surface area contributed by atoms with E-state index >= 15 is 0 Å². The van der Waals surface area contributed by atoms with Crippen LogP contribution in [-0.2, 0) is 19.1 Å². The molecular weight excluding hydrogens is 769 g/mol. The molecule has 318 valence electrons. The molecule has 0 radical (unpaired) electrons. The predicted octanol–water partition coefficient (Wildman–Crippen LogP) is 7.74. The first kappa shape index (κ1) is 40.6. The monoisotopic (exact) mass is 824 g/mol. The molecule has 4 fully saturated rings. The Hall–Kier alpha value is -5.79. The quantitative estimate of drug-likeness (QED) is 0.123. The molecule has 4 aliphatic rings. The van der Waals surface area contributed by atoms with Crippen molar-refractivity contribution in [3.8, 4) is 11.3 Å². The summed E-state index contributed by atoms with van der Waals surface area (Å²) >= 11 is 0. The van der Waals surface area contributed by atoms with Gasteiger partial charge in [0.05, 0.1) is 44.3 Å². The van der Waals surface area contributed by atoms with Crippen LogP contribution in [0.5, 0.6) is 0 Å². The van der Waals surface area contributed by atoms with E-state index in [9.17, 15) is 14.4 Å². The van der Waals surface area contributed by atoms with Crippen molar-refractivity contribution in [1.82, 2.24) is 40.0 Å². The number of methoxy groups -OCH3 is 1. The summed E-state index contributed by atoms with van der Waals surface area (Å²) in [5.74, 6) is 2.48. The number of imidazole rings is 2. The highest BCUT2D eigenvalue weighted by Crippen LogP contribution is 2.42. The topological polar surface area (TPSA) is 149 Å². The zero-order valence-corrected chi connectivity index (χ0v) is 34.9. The van der Waals surface area contributed by atoms with Crippen molar-refractivity contribution in [1.29, 1.82) is 0 Å². The van der Waals surface area contributed by atoms with Crippen molar-refractivity contribution in [2.24, 2.45) is 0 Å². The molecule has 1 aliphatic carbocycles. The van der Waals surface area contributed by atoms with Crippen molar-refractivity contribution < 1.29 is 23.9 Å². The number of likely N-dealkylation sites (tertiary alicyclic amines) is 2. The van der Waals surface area contributed by atoms with Crippen molar-refractivity contribution >= 4 is 17.9 Å². The van der Waals surface area contributed by atoms with Crippen LogP contribution >= 0.6 is 0 Å². The van der Waals surface area contributed by atoms with E-state index in [1.54, 1.807) is 0 Å². The molecule has 5 aromatic rings. The number of hydrogen-bond acceptors (Lipinski definition) is 8. The molecule has 3 saturated heterocycles. The van der Waals surface area contributed by atoms with E-state index in [1.807, 2.05) is 70.7 Å². The van der Waals surface area contributed by atoms with Crippen LogP contribution in [0.1, 0.15) is 121 Å². The number of ether oxygens (including phenoxy) is 2. The maximum absolute atomic E-state index is 14.4. The van der Waals surface area contributed by atoms with Gasteiger partial charge in [0, 0.05) is 44.0 Å². The van der Waals surface area contributed by atoms with Gasteiger partial charge in [0.2, 0.25) is 5.91 Å². The number of rotatable bonds is 11. The third kappa shape index (κ3) is 8.72. The number of amides is 3. The smallest absolute Gasteiger partial charge is 0.407 e. The number of aromatic nitrogens is 4. The first-order valence-corrected chi connectivity index (χ1v) is 22.0. The Morgan fingerprint density at radius 2 is 1.28 bits per heavy atom. The minimum absolute atomic E-state index is 0.0872. The molecule has 1 saturated carbocycles. The van der Waals surface area contributed by atoms with Crippen molar-refractivity contribution in [2.75, 3.05) is 46.5 Å². The Bertz CT molecular complexity index is 2250. The first-order valence-electron chi connectivity index (χ1n) is 22.0. The van der Waals surface area contributed by atoms with Gasteiger partial charge in [0.1, 0.15) is 23.7 Å². The summed E-state index contributed by atoms with van der Waals surface area (Å²) in [6.45, 7) is 4.06. The average Bonchev–Trinajstić information content (AvgIpc) is 4.17. The number of nitrogens with zero attached hydrogens (tertiary/aromatic N) is 5. The van der Waals surface area contributed by atoms with Crippen molar-refractivity contribution in [2.45, 2.75) is 87.4 Å². The molecule has 3 N–H and O–H groups in total. The third-order valence-electron chi connectivity index (χ3n) is 13.4. The van der Waals surface area contributed by atoms with E-state index in [-0.39, 0.29) is 29.9 Å². The summed E-state index contributed by atoms with van der Waals surface area (Å²) in [7, 11) is 1.30. The summed E-state index contributed by atoms with van der Waals surface area (Å²) in [6.07, 6.45) is 11.0. The molecule has 4 unspecified atom stereocenters. The van der Waals surface area contributed by atoms with E-state index in [2.05, 4.69) is 56.6 Å². The zero-order chi connectivity index (χ0) is 41.7. The van der Waals surface area contributed by atoms with Crippen molar-refractivity contribution in [3.05, 3.63) is 131 Å². The van der Waals surface area contributed by atoms with Gasteiger partial charge < -0.3 is 34.6 Å². The molecule has 9 rings (SSSR count).